The van der Waals surface area contributed by atoms with E-state index in [1.807, 2.05) is 0 Å². The maximum atomic E-state index is 13.1. The summed E-state index contributed by atoms with van der Waals surface area (Å²) in [4.78, 5) is 0. The molecule has 0 aliphatic carbocycles. The van der Waals surface area contributed by atoms with Gasteiger partial charge in [-0.3, -0.25) is 0 Å². The third-order valence-electron chi connectivity index (χ3n) is 2.97. The summed E-state index contributed by atoms with van der Waals surface area (Å²) < 4.78 is 64.2. The van der Waals surface area contributed by atoms with Gasteiger partial charge in [-0.1, -0.05) is 17.7 Å². The molecule has 0 heterocycles. The van der Waals surface area contributed by atoms with Crippen molar-refractivity contribution in [1.29, 1.82) is 0 Å². The summed E-state index contributed by atoms with van der Waals surface area (Å²) in [5.41, 5.74) is -0.475. The first-order valence-corrected chi connectivity index (χ1v) is 7.31. The predicted molar refractivity (Wildman–Crippen MR) is 85.9 cm³/mol. The highest BCUT2D eigenvalue weighted by molar-refractivity contribution is 7.80. The largest absolute Gasteiger partial charge is 0.417 e. The van der Waals surface area contributed by atoms with Crippen LogP contribution in [-0.4, -0.2) is 5.11 Å². The Morgan fingerprint density at radius 3 is 2.38 bits per heavy atom. The van der Waals surface area contributed by atoms with E-state index in [0.717, 1.165) is 24.3 Å². The van der Waals surface area contributed by atoms with E-state index in [1.54, 1.807) is 0 Å². The summed E-state index contributed by atoms with van der Waals surface area (Å²) in [7, 11) is 0. The van der Waals surface area contributed by atoms with Crippen LogP contribution in [0.1, 0.15) is 11.1 Å². The third kappa shape index (κ3) is 4.78. The van der Waals surface area contributed by atoms with Gasteiger partial charge in [0.05, 0.1) is 10.6 Å². The molecule has 2 aromatic carbocycles. The van der Waals surface area contributed by atoms with Gasteiger partial charge in [-0.2, -0.15) is 13.2 Å². The fraction of sp³-hybridized carbons (Fsp3) is 0.133. The Labute approximate surface area is 144 Å². The number of halogens is 6. The topological polar surface area (TPSA) is 24.1 Å². The second kappa shape index (κ2) is 7.31. The lowest BCUT2D eigenvalue weighted by Gasteiger charge is -2.14. The van der Waals surface area contributed by atoms with Crippen LogP contribution in [0.25, 0.3) is 0 Å². The Morgan fingerprint density at radius 2 is 1.75 bits per heavy atom. The number of benzene rings is 2. The molecule has 2 rings (SSSR count). The fourth-order valence-electron chi connectivity index (χ4n) is 1.83. The van der Waals surface area contributed by atoms with Crippen LogP contribution in [0.2, 0.25) is 5.02 Å². The summed E-state index contributed by atoms with van der Waals surface area (Å²) in [5.74, 6) is -1.97. The Kier molecular flexibility index (Phi) is 5.61. The first-order chi connectivity index (χ1) is 11.2. The van der Waals surface area contributed by atoms with E-state index in [2.05, 4.69) is 10.6 Å². The second-order valence-corrected chi connectivity index (χ2v) is 5.56. The van der Waals surface area contributed by atoms with Crippen molar-refractivity contribution in [1.82, 2.24) is 5.32 Å². The monoisotopic (exact) mass is 380 g/mol. The molecule has 0 aliphatic heterocycles. The van der Waals surface area contributed by atoms with Crippen LogP contribution in [0.5, 0.6) is 0 Å². The molecule has 0 fully saturated rings. The van der Waals surface area contributed by atoms with Gasteiger partial charge in [0.1, 0.15) is 0 Å². The molecule has 24 heavy (non-hydrogen) atoms. The second-order valence-electron chi connectivity index (χ2n) is 4.75. The molecule has 2 aromatic rings. The average molecular weight is 381 g/mol. The van der Waals surface area contributed by atoms with Crippen molar-refractivity contribution in [3.8, 4) is 0 Å². The fourth-order valence-corrected chi connectivity index (χ4v) is 2.24. The van der Waals surface area contributed by atoms with Crippen LogP contribution in [0.4, 0.5) is 27.6 Å². The predicted octanol–water partition coefficient (Wildman–Crippen LogP) is 5.12. The van der Waals surface area contributed by atoms with Crippen LogP contribution in [-0.2, 0) is 12.7 Å². The summed E-state index contributed by atoms with van der Waals surface area (Å²) >= 11 is 10.5. The van der Waals surface area contributed by atoms with Gasteiger partial charge in [-0.25, -0.2) is 8.78 Å². The SMILES string of the molecule is Fc1ccc(CNC(=S)Nc2ccc(Cl)c(C(F)(F)F)c2)cc1F. The molecule has 0 saturated carbocycles. The van der Waals surface area contributed by atoms with Gasteiger partial charge in [0, 0.05) is 12.2 Å². The summed E-state index contributed by atoms with van der Waals surface area (Å²) in [6, 6.07) is 6.59. The number of anilines is 1. The molecule has 0 aromatic heterocycles. The molecule has 0 bridgehead atoms. The van der Waals surface area contributed by atoms with Crippen molar-refractivity contribution in [3.63, 3.8) is 0 Å². The summed E-state index contributed by atoms with van der Waals surface area (Å²) in [5, 5.41) is 4.86. The number of hydrogen-bond donors (Lipinski definition) is 2. The lowest BCUT2D eigenvalue weighted by atomic mass is 10.2. The van der Waals surface area contributed by atoms with Crippen molar-refractivity contribution in [2.75, 3.05) is 5.32 Å². The van der Waals surface area contributed by atoms with Crippen LogP contribution < -0.4 is 10.6 Å². The Hall–Kier alpha value is -1.93. The van der Waals surface area contributed by atoms with Crippen molar-refractivity contribution in [2.24, 2.45) is 0 Å². The normalized spacial score (nSPS) is 11.2. The Morgan fingerprint density at radius 1 is 1.04 bits per heavy atom. The van der Waals surface area contributed by atoms with E-state index in [4.69, 9.17) is 23.8 Å². The van der Waals surface area contributed by atoms with Crippen molar-refractivity contribution in [3.05, 3.63) is 64.2 Å². The molecule has 0 saturated heterocycles. The van der Waals surface area contributed by atoms with E-state index in [0.29, 0.717) is 5.56 Å². The van der Waals surface area contributed by atoms with Gasteiger partial charge >= 0.3 is 6.18 Å². The summed E-state index contributed by atoms with van der Waals surface area (Å²) in [6.45, 7) is 0.0722. The minimum absolute atomic E-state index is 0.0233. The number of nitrogens with one attached hydrogen (secondary N) is 2. The average Bonchev–Trinajstić information content (AvgIpc) is 2.49. The molecule has 0 aliphatic rings. The summed E-state index contributed by atoms with van der Waals surface area (Å²) in [6.07, 6.45) is -4.59. The first-order valence-electron chi connectivity index (χ1n) is 6.52. The molecule has 0 amide bonds. The van der Waals surface area contributed by atoms with Gasteiger partial charge in [0.25, 0.3) is 0 Å². The van der Waals surface area contributed by atoms with Gasteiger partial charge in [0.2, 0.25) is 0 Å². The van der Waals surface area contributed by atoms with Gasteiger partial charge < -0.3 is 10.6 Å². The van der Waals surface area contributed by atoms with E-state index in [9.17, 15) is 22.0 Å². The molecular weight excluding hydrogens is 371 g/mol. The lowest BCUT2D eigenvalue weighted by Crippen LogP contribution is -2.28. The van der Waals surface area contributed by atoms with Crippen LogP contribution in [0.3, 0.4) is 0 Å². The first kappa shape index (κ1) is 18.4. The molecule has 2 N–H and O–H groups in total. The minimum atomic E-state index is -4.59. The van der Waals surface area contributed by atoms with Gasteiger partial charge in [0.15, 0.2) is 16.7 Å². The van der Waals surface area contributed by atoms with Gasteiger partial charge in [-0.05, 0) is 48.1 Å². The maximum Gasteiger partial charge on any atom is 0.417 e. The third-order valence-corrected chi connectivity index (χ3v) is 3.54. The van der Waals surface area contributed by atoms with Crippen LogP contribution >= 0.6 is 23.8 Å². The van der Waals surface area contributed by atoms with Crippen molar-refractivity contribution < 1.29 is 22.0 Å². The Balaban J connectivity index is 2.01. The van der Waals surface area contributed by atoms with E-state index >= 15 is 0 Å². The molecule has 0 spiro atoms. The van der Waals surface area contributed by atoms with E-state index < -0.39 is 28.4 Å². The quantitative estimate of drug-likeness (QED) is 0.570. The molecular formula is C15H10ClF5N2S. The van der Waals surface area contributed by atoms with Gasteiger partial charge in [-0.15, -0.1) is 0 Å². The zero-order valence-electron chi connectivity index (χ0n) is 11.8. The molecule has 9 heteroatoms. The number of alkyl halides is 3. The standard InChI is InChI=1S/C15H10ClF5N2S/c16-11-3-2-9(6-10(11)15(19,20)21)23-14(24)22-7-8-1-4-12(17)13(18)5-8/h1-6H,7H2,(H2,22,23,24). The molecule has 2 nitrogen and oxygen atoms in total. The number of thiocarbonyl (C=S) groups is 1. The Bertz CT molecular complexity index is 764. The smallest absolute Gasteiger partial charge is 0.358 e. The molecule has 0 radical (unpaired) electrons. The maximum absolute atomic E-state index is 13.1. The highest BCUT2D eigenvalue weighted by Gasteiger charge is 2.33. The van der Waals surface area contributed by atoms with Crippen LogP contribution in [0, 0.1) is 11.6 Å². The van der Waals surface area contributed by atoms with Crippen LogP contribution in [0.15, 0.2) is 36.4 Å². The molecule has 128 valence electrons. The highest BCUT2D eigenvalue weighted by Crippen LogP contribution is 2.36. The molecule has 0 atom stereocenters. The van der Waals surface area contributed by atoms with E-state index in [1.165, 1.54) is 12.1 Å². The highest BCUT2D eigenvalue weighted by atomic mass is 35.5. The number of hydrogen-bond acceptors (Lipinski definition) is 1. The minimum Gasteiger partial charge on any atom is -0.358 e. The van der Waals surface area contributed by atoms with Crippen molar-refractivity contribution in [2.45, 2.75) is 12.7 Å². The van der Waals surface area contributed by atoms with E-state index in [-0.39, 0.29) is 17.3 Å². The molecule has 0 unspecified atom stereocenters. The zero-order valence-corrected chi connectivity index (χ0v) is 13.4. The zero-order chi connectivity index (χ0) is 17.9. The number of rotatable bonds is 3. The van der Waals surface area contributed by atoms with Crippen molar-refractivity contribution >= 4 is 34.6 Å². The lowest BCUT2D eigenvalue weighted by molar-refractivity contribution is -0.137.